The number of aromatic nitrogens is 4. The summed E-state index contributed by atoms with van der Waals surface area (Å²) in [5.41, 5.74) is 2.69. The highest BCUT2D eigenvalue weighted by atomic mass is 35.5. The van der Waals surface area contributed by atoms with E-state index in [9.17, 15) is 17.2 Å². The molecule has 0 unspecified atom stereocenters. The van der Waals surface area contributed by atoms with Crippen LogP contribution in [-0.2, 0) is 23.1 Å². The molecule has 0 spiro atoms. The van der Waals surface area contributed by atoms with Crippen molar-refractivity contribution in [3.05, 3.63) is 64.8 Å². The van der Waals surface area contributed by atoms with E-state index in [0.717, 1.165) is 44.3 Å². The van der Waals surface area contributed by atoms with E-state index in [1.807, 2.05) is 4.57 Å². The molecule has 1 aliphatic heterocycles. The van der Waals surface area contributed by atoms with Crippen LogP contribution >= 0.6 is 11.6 Å². The van der Waals surface area contributed by atoms with Crippen LogP contribution in [0.15, 0.2) is 42.6 Å². The summed E-state index contributed by atoms with van der Waals surface area (Å²) in [5, 5.41) is 6.83. The van der Waals surface area contributed by atoms with Gasteiger partial charge in [0.1, 0.15) is 11.3 Å². The summed E-state index contributed by atoms with van der Waals surface area (Å²) in [6, 6.07) is 8.61. The second kappa shape index (κ2) is 10.8. The fraction of sp³-hybridized carbons (Fsp3) is 0.320. The van der Waals surface area contributed by atoms with Gasteiger partial charge < -0.3 is 15.2 Å². The van der Waals surface area contributed by atoms with Gasteiger partial charge in [-0.15, -0.1) is 0 Å². The molecule has 0 aliphatic carbocycles. The molecule has 9 nitrogen and oxygen atoms in total. The molecule has 1 fully saturated rings. The molecular formula is C25H26ClF2N7O2S. The van der Waals surface area contributed by atoms with Crippen molar-refractivity contribution >= 4 is 44.4 Å². The topological polar surface area (TPSA) is 114 Å². The predicted molar refractivity (Wildman–Crippen MR) is 144 cm³/mol. The highest BCUT2D eigenvalue weighted by Gasteiger charge is 2.22. The average molecular weight is 562 g/mol. The van der Waals surface area contributed by atoms with Crippen LogP contribution in [-0.4, -0.2) is 47.3 Å². The van der Waals surface area contributed by atoms with Crippen molar-refractivity contribution in [2.75, 3.05) is 29.4 Å². The minimum Gasteiger partial charge on any atom is -0.350 e. The Kier molecular flexibility index (Phi) is 7.46. The van der Waals surface area contributed by atoms with Gasteiger partial charge in [-0.3, -0.25) is 4.72 Å². The van der Waals surface area contributed by atoms with Crippen LogP contribution in [0.3, 0.4) is 0 Å². The van der Waals surface area contributed by atoms with Gasteiger partial charge in [0, 0.05) is 24.3 Å². The van der Waals surface area contributed by atoms with Crippen LogP contribution in [0.5, 0.6) is 0 Å². The molecule has 13 heteroatoms. The summed E-state index contributed by atoms with van der Waals surface area (Å²) >= 11 is 6.60. The Morgan fingerprint density at radius 2 is 2.00 bits per heavy atom. The van der Waals surface area contributed by atoms with Gasteiger partial charge in [0.05, 0.1) is 17.5 Å². The monoisotopic (exact) mass is 561 g/mol. The fourth-order valence-electron chi connectivity index (χ4n) is 4.53. The van der Waals surface area contributed by atoms with E-state index >= 15 is 0 Å². The summed E-state index contributed by atoms with van der Waals surface area (Å²) in [7, 11) is -3.46. The summed E-state index contributed by atoms with van der Waals surface area (Å²) in [4.78, 5) is 13.8. The number of fused-ring (bicyclic) bond motifs is 1. The minimum atomic E-state index is -3.46. The number of nitrogens with one attached hydrogen (secondary N) is 3. The summed E-state index contributed by atoms with van der Waals surface area (Å²) < 4.78 is 54.6. The Morgan fingerprint density at radius 1 is 1.16 bits per heavy atom. The Bertz CT molecular complexity index is 1590. The second-order valence-electron chi connectivity index (χ2n) is 9.33. The Morgan fingerprint density at radius 3 is 2.71 bits per heavy atom. The zero-order valence-corrected chi connectivity index (χ0v) is 22.1. The molecule has 0 amide bonds. The lowest BCUT2D eigenvalue weighted by Crippen LogP contribution is -2.32. The maximum Gasteiger partial charge on any atom is 0.229 e. The van der Waals surface area contributed by atoms with Crippen molar-refractivity contribution in [2.45, 2.75) is 25.9 Å². The number of hydrogen-bond donors (Lipinski definition) is 3. The number of halogens is 3. The van der Waals surface area contributed by atoms with Gasteiger partial charge in [0.25, 0.3) is 0 Å². The molecule has 1 saturated heterocycles. The van der Waals surface area contributed by atoms with Crippen molar-refractivity contribution in [1.82, 2.24) is 24.8 Å². The van der Waals surface area contributed by atoms with Crippen molar-refractivity contribution in [3.63, 3.8) is 0 Å². The lowest BCUT2D eigenvalue weighted by molar-refractivity contribution is 0.341. The number of sulfonamides is 1. The molecular weight excluding hydrogens is 536 g/mol. The van der Waals surface area contributed by atoms with Crippen molar-refractivity contribution in [1.29, 1.82) is 0 Å². The minimum absolute atomic E-state index is 0.205. The van der Waals surface area contributed by atoms with E-state index < -0.39 is 21.7 Å². The lowest BCUT2D eigenvalue weighted by Gasteiger charge is -2.24. The second-order valence-corrected chi connectivity index (χ2v) is 11.5. The first kappa shape index (κ1) is 26.3. The van der Waals surface area contributed by atoms with Crippen molar-refractivity contribution in [3.8, 4) is 11.4 Å². The van der Waals surface area contributed by atoms with Crippen LogP contribution < -0.4 is 15.4 Å². The van der Waals surface area contributed by atoms with Crippen LogP contribution in [0.2, 0.25) is 5.02 Å². The molecule has 2 aromatic carbocycles. The molecule has 3 heterocycles. The number of nitrogens with zero attached hydrogens (tertiary/aromatic N) is 4. The molecule has 4 aromatic rings. The third-order valence-electron chi connectivity index (χ3n) is 6.28. The molecule has 38 heavy (non-hydrogen) atoms. The predicted octanol–water partition coefficient (Wildman–Crippen LogP) is 4.41. The standard InChI is InChI=1S/C25H26ClF2N7O2S/c1-38(36,37)34-17-5-6-18(19(26)10-17)23-32-22-13-31-25(30-12-15-4-7-20(27)21(28)9-15)33-24(22)35(23)14-16-3-2-8-29-11-16/h4-7,9-10,13,16,29,34H,2-3,8,11-12,14H2,1H3,(H,30,31,33)/t16-/m1/s1. The molecule has 1 aliphatic rings. The van der Waals surface area contributed by atoms with Crippen LogP contribution in [0, 0.1) is 17.6 Å². The number of piperidine rings is 1. The van der Waals surface area contributed by atoms with Gasteiger partial charge in [0.15, 0.2) is 17.3 Å². The molecule has 3 N–H and O–H groups in total. The zero-order valence-electron chi connectivity index (χ0n) is 20.5. The molecule has 2 aromatic heterocycles. The van der Waals surface area contributed by atoms with Crippen LogP contribution in [0.4, 0.5) is 20.4 Å². The smallest absolute Gasteiger partial charge is 0.229 e. The van der Waals surface area contributed by atoms with Gasteiger partial charge >= 0.3 is 0 Å². The SMILES string of the molecule is CS(=O)(=O)Nc1ccc(-c2nc3cnc(NCc4ccc(F)c(F)c4)nc3n2C[C@@H]2CCCNC2)c(Cl)c1. The first-order chi connectivity index (χ1) is 18.2. The van der Waals surface area contributed by atoms with E-state index in [4.69, 9.17) is 21.6 Å². The lowest BCUT2D eigenvalue weighted by atomic mass is 9.99. The highest BCUT2D eigenvalue weighted by Crippen LogP contribution is 2.33. The van der Waals surface area contributed by atoms with E-state index in [0.29, 0.717) is 57.2 Å². The third-order valence-corrected chi connectivity index (χ3v) is 7.19. The summed E-state index contributed by atoms with van der Waals surface area (Å²) in [5.74, 6) is -0.569. The van der Waals surface area contributed by atoms with Gasteiger partial charge in [-0.1, -0.05) is 17.7 Å². The Labute approximate surface area is 223 Å². The van der Waals surface area contributed by atoms with Crippen molar-refractivity contribution in [2.24, 2.45) is 5.92 Å². The summed E-state index contributed by atoms with van der Waals surface area (Å²) in [6.07, 6.45) is 4.78. The maximum atomic E-state index is 13.6. The molecule has 0 radical (unpaired) electrons. The Balaban J connectivity index is 1.50. The highest BCUT2D eigenvalue weighted by molar-refractivity contribution is 7.92. The fourth-order valence-corrected chi connectivity index (χ4v) is 5.35. The third kappa shape index (κ3) is 6.03. The molecule has 5 rings (SSSR count). The Hall–Kier alpha value is -3.35. The largest absolute Gasteiger partial charge is 0.350 e. The number of imidazole rings is 1. The van der Waals surface area contributed by atoms with E-state index in [1.165, 1.54) is 6.07 Å². The maximum absolute atomic E-state index is 13.6. The number of rotatable bonds is 8. The molecule has 0 saturated carbocycles. The van der Waals surface area contributed by atoms with Gasteiger partial charge in [0.2, 0.25) is 16.0 Å². The van der Waals surface area contributed by atoms with E-state index in [1.54, 1.807) is 24.4 Å². The summed E-state index contributed by atoms with van der Waals surface area (Å²) in [6.45, 7) is 2.68. The normalized spacial score (nSPS) is 16.1. The number of benzene rings is 2. The van der Waals surface area contributed by atoms with Crippen LogP contribution in [0.1, 0.15) is 18.4 Å². The van der Waals surface area contributed by atoms with Crippen molar-refractivity contribution < 1.29 is 17.2 Å². The van der Waals surface area contributed by atoms with Gasteiger partial charge in [-0.05, 0) is 67.7 Å². The molecule has 1 atom stereocenters. The first-order valence-corrected chi connectivity index (χ1v) is 14.3. The van der Waals surface area contributed by atoms with E-state index in [-0.39, 0.29) is 6.54 Å². The zero-order chi connectivity index (χ0) is 26.9. The molecule has 200 valence electrons. The number of anilines is 2. The first-order valence-electron chi connectivity index (χ1n) is 12.1. The molecule has 0 bridgehead atoms. The quantitative estimate of drug-likeness (QED) is 0.292. The van der Waals surface area contributed by atoms with Gasteiger partial charge in [-0.2, -0.15) is 4.98 Å². The van der Waals surface area contributed by atoms with Crippen LogP contribution in [0.25, 0.3) is 22.6 Å². The average Bonchev–Trinajstić information content (AvgIpc) is 3.21. The number of hydrogen-bond acceptors (Lipinski definition) is 7. The van der Waals surface area contributed by atoms with E-state index in [2.05, 4.69) is 20.3 Å². The van der Waals surface area contributed by atoms with Gasteiger partial charge in [-0.25, -0.2) is 27.2 Å².